The van der Waals surface area contributed by atoms with E-state index in [4.69, 9.17) is 16.3 Å². The molecule has 0 bridgehead atoms. The van der Waals surface area contributed by atoms with Crippen LogP contribution in [0, 0.1) is 27.7 Å². The maximum Gasteiger partial charge on any atom is 0.319 e. The first-order valence-electron chi connectivity index (χ1n) is 8.39. The zero-order valence-corrected chi connectivity index (χ0v) is 16.0. The zero-order chi connectivity index (χ0) is 18.4. The summed E-state index contributed by atoms with van der Waals surface area (Å²) < 4.78 is 5.83. The number of amides is 2. The number of urea groups is 1. The molecule has 0 aliphatic carbocycles. The van der Waals surface area contributed by atoms with Gasteiger partial charge in [0, 0.05) is 6.54 Å². The van der Waals surface area contributed by atoms with Crippen molar-refractivity contribution in [3.63, 3.8) is 0 Å². The number of hydrogen-bond acceptors (Lipinski definition) is 2. The van der Waals surface area contributed by atoms with Gasteiger partial charge in [0.2, 0.25) is 0 Å². The number of aryl methyl sites for hydroxylation is 4. The Balaban J connectivity index is 1.76. The van der Waals surface area contributed by atoms with Crippen molar-refractivity contribution in [2.45, 2.75) is 34.1 Å². The third-order valence-corrected chi connectivity index (χ3v) is 4.23. The molecule has 2 N–H and O–H groups in total. The quantitative estimate of drug-likeness (QED) is 0.698. The SMILES string of the molecule is Cc1cc(C)c(NC(=O)NCCCOc2c(C)cccc2C)c(Cl)c1. The summed E-state index contributed by atoms with van der Waals surface area (Å²) in [6, 6.07) is 9.63. The Hall–Kier alpha value is -2.20. The first kappa shape index (κ1) is 19.1. The number of ether oxygens (including phenoxy) is 1. The lowest BCUT2D eigenvalue weighted by Crippen LogP contribution is -2.30. The van der Waals surface area contributed by atoms with Crippen LogP contribution in [0.15, 0.2) is 30.3 Å². The molecule has 2 rings (SSSR count). The van der Waals surface area contributed by atoms with E-state index in [2.05, 4.69) is 10.6 Å². The fourth-order valence-electron chi connectivity index (χ4n) is 2.71. The van der Waals surface area contributed by atoms with Crippen LogP contribution in [0.3, 0.4) is 0 Å². The van der Waals surface area contributed by atoms with Gasteiger partial charge in [-0.15, -0.1) is 0 Å². The highest BCUT2D eigenvalue weighted by Crippen LogP contribution is 2.27. The van der Waals surface area contributed by atoms with E-state index in [0.29, 0.717) is 23.9 Å². The van der Waals surface area contributed by atoms with Gasteiger partial charge in [0.15, 0.2) is 0 Å². The molecule has 0 spiro atoms. The zero-order valence-electron chi connectivity index (χ0n) is 15.2. The van der Waals surface area contributed by atoms with Gasteiger partial charge in [0.1, 0.15) is 5.75 Å². The normalized spacial score (nSPS) is 10.4. The fourth-order valence-corrected chi connectivity index (χ4v) is 3.08. The average molecular weight is 361 g/mol. The van der Waals surface area contributed by atoms with E-state index < -0.39 is 0 Å². The standard InChI is InChI=1S/C20H25ClN2O2/c1-13-11-16(4)18(17(21)12-13)23-20(24)22-9-6-10-25-19-14(2)7-5-8-15(19)3/h5,7-8,11-12H,6,9-10H2,1-4H3,(H2,22,23,24). The molecule has 2 aromatic rings. The monoisotopic (exact) mass is 360 g/mol. The second-order valence-electron chi connectivity index (χ2n) is 6.24. The van der Waals surface area contributed by atoms with Gasteiger partial charge >= 0.3 is 6.03 Å². The fraction of sp³-hybridized carbons (Fsp3) is 0.350. The largest absolute Gasteiger partial charge is 0.493 e. The Kier molecular flexibility index (Phi) is 6.71. The van der Waals surface area contributed by atoms with Gasteiger partial charge in [0.05, 0.1) is 17.3 Å². The van der Waals surface area contributed by atoms with Gasteiger partial charge in [-0.1, -0.05) is 35.9 Å². The van der Waals surface area contributed by atoms with E-state index in [-0.39, 0.29) is 6.03 Å². The number of rotatable bonds is 6. The number of anilines is 1. The van der Waals surface area contributed by atoms with Crippen molar-refractivity contribution in [1.29, 1.82) is 0 Å². The maximum absolute atomic E-state index is 12.0. The molecule has 0 heterocycles. The molecule has 0 unspecified atom stereocenters. The molecule has 5 heteroatoms. The minimum Gasteiger partial charge on any atom is -0.493 e. The van der Waals surface area contributed by atoms with Gasteiger partial charge in [-0.2, -0.15) is 0 Å². The highest BCUT2D eigenvalue weighted by molar-refractivity contribution is 6.34. The second kappa shape index (κ2) is 8.77. The summed E-state index contributed by atoms with van der Waals surface area (Å²) in [6.07, 6.45) is 0.724. The molecule has 0 saturated carbocycles. The smallest absolute Gasteiger partial charge is 0.319 e. The van der Waals surface area contributed by atoms with E-state index in [1.807, 2.05) is 58.0 Å². The van der Waals surface area contributed by atoms with Crippen LogP contribution in [0.2, 0.25) is 5.02 Å². The molecule has 2 amide bonds. The Morgan fingerprint density at radius 1 is 1.08 bits per heavy atom. The lowest BCUT2D eigenvalue weighted by Gasteiger charge is -2.14. The van der Waals surface area contributed by atoms with Gasteiger partial charge < -0.3 is 15.4 Å². The molecular formula is C20H25ClN2O2. The number of hydrogen-bond donors (Lipinski definition) is 2. The molecule has 134 valence electrons. The summed E-state index contributed by atoms with van der Waals surface area (Å²) in [5.74, 6) is 0.925. The molecule has 0 atom stereocenters. The Morgan fingerprint density at radius 3 is 2.40 bits per heavy atom. The molecule has 25 heavy (non-hydrogen) atoms. The van der Waals surface area contributed by atoms with Gasteiger partial charge in [-0.05, 0) is 62.4 Å². The Bertz CT molecular complexity index is 716. The predicted octanol–water partition coefficient (Wildman–Crippen LogP) is 5.16. The maximum atomic E-state index is 12.0. The first-order chi connectivity index (χ1) is 11.9. The average Bonchev–Trinajstić information content (AvgIpc) is 2.53. The number of para-hydroxylation sites is 1. The van der Waals surface area contributed by atoms with Crippen LogP contribution in [-0.2, 0) is 0 Å². The first-order valence-corrected chi connectivity index (χ1v) is 8.77. The van der Waals surface area contributed by atoms with Crippen molar-refractivity contribution in [3.05, 3.63) is 57.6 Å². The number of halogens is 1. The van der Waals surface area contributed by atoms with Gasteiger partial charge in [0.25, 0.3) is 0 Å². The summed E-state index contributed by atoms with van der Waals surface area (Å²) in [7, 11) is 0. The summed E-state index contributed by atoms with van der Waals surface area (Å²) >= 11 is 6.20. The van der Waals surface area contributed by atoms with Crippen molar-refractivity contribution in [2.24, 2.45) is 0 Å². The van der Waals surface area contributed by atoms with Crippen LogP contribution in [-0.4, -0.2) is 19.2 Å². The third kappa shape index (κ3) is 5.40. The van der Waals surface area contributed by atoms with Crippen molar-refractivity contribution in [1.82, 2.24) is 5.32 Å². The van der Waals surface area contributed by atoms with Gasteiger partial charge in [-0.25, -0.2) is 4.79 Å². The van der Waals surface area contributed by atoms with Crippen LogP contribution in [0.5, 0.6) is 5.75 Å². The van der Waals surface area contributed by atoms with E-state index >= 15 is 0 Å². The Labute approximate surface area is 154 Å². The topological polar surface area (TPSA) is 50.4 Å². The van der Waals surface area contributed by atoms with Crippen LogP contribution >= 0.6 is 11.6 Å². The third-order valence-electron chi connectivity index (χ3n) is 3.93. The summed E-state index contributed by atoms with van der Waals surface area (Å²) in [6.45, 7) is 9.03. The molecule has 0 radical (unpaired) electrons. The van der Waals surface area contributed by atoms with Crippen molar-refractivity contribution < 1.29 is 9.53 Å². The van der Waals surface area contributed by atoms with Crippen LogP contribution in [0.1, 0.15) is 28.7 Å². The second-order valence-corrected chi connectivity index (χ2v) is 6.65. The van der Waals surface area contributed by atoms with Crippen LogP contribution in [0.4, 0.5) is 10.5 Å². The summed E-state index contributed by atoms with van der Waals surface area (Å²) in [5, 5.41) is 6.18. The van der Waals surface area contributed by atoms with Crippen molar-refractivity contribution in [3.8, 4) is 5.75 Å². The molecular weight excluding hydrogens is 336 g/mol. The van der Waals surface area contributed by atoms with E-state index in [1.54, 1.807) is 0 Å². The van der Waals surface area contributed by atoms with Crippen LogP contribution in [0.25, 0.3) is 0 Å². The molecule has 4 nitrogen and oxygen atoms in total. The predicted molar refractivity (Wildman–Crippen MR) is 104 cm³/mol. The van der Waals surface area contributed by atoms with Crippen molar-refractivity contribution in [2.75, 3.05) is 18.5 Å². The number of benzene rings is 2. The molecule has 0 aliphatic rings. The van der Waals surface area contributed by atoms with Crippen molar-refractivity contribution >= 4 is 23.3 Å². The Morgan fingerprint density at radius 2 is 1.76 bits per heavy atom. The summed E-state index contributed by atoms with van der Waals surface area (Å²) in [5.41, 5.74) is 4.90. The number of nitrogens with one attached hydrogen (secondary N) is 2. The van der Waals surface area contributed by atoms with Gasteiger partial charge in [-0.3, -0.25) is 0 Å². The molecule has 0 aromatic heterocycles. The number of carbonyl (C=O) groups is 1. The lowest BCUT2D eigenvalue weighted by molar-refractivity contribution is 0.250. The molecule has 0 fully saturated rings. The van der Waals surface area contributed by atoms with E-state index in [0.717, 1.165) is 34.4 Å². The lowest BCUT2D eigenvalue weighted by atomic mass is 10.1. The highest BCUT2D eigenvalue weighted by Gasteiger charge is 2.09. The minimum atomic E-state index is -0.263. The van der Waals surface area contributed by atoms with E-state index in [9.17, 15) is 4.79 Å². The minimum absolute atomic E-state index is 0.263. The molecule has 0 saturated heterocycles. The van der Waals surface area contributed by atoms with Crippen LogP contribution < -0.4 is 15.4 Å². The number of carbonyl (C=O) groups excluding carboxylic acids is 1. The highest BCUT2D eigenvalue weighted by atomic mass is 35.5. The molecule has 0 aliphatic heterocycles. The summed E-state index contributed by atoms with van der Waals surface area (Å²) in [4.78, 5) is 12.0. The molecule has 2 aromatic carbocycles. The van der Waals surface area contributed by atoms with E-state index in [1.165, 1.54) is 0 Å².